The predicted molar refractivity (Wildman–Crippen MR) is 81.8 cm³/mol. The van der Waals surface area contributed by atoms with Crippen LogP contribution in [0.15, 0.2) is 0 Å². The number of ether oxygens (including phenoxy) is 1. The molecule has 3 atom stereocenters. The van der Waals surface area contributed by atoms with E-state index < -0.39 is 0 Å². The van der Waals surface area contributed by atoms with Crippen LogP contribution in [0.5, 0.6) is 0 Å². The molecule has 118 valence electrons. The maximum Gasteiger partial charge on any atom is 0.322 e. The van der Waals surface area contributed by atoms with Gasteiger partial charge in [0.25, 0.3) is 0 Å². The van der Waals surface area contributed by atoms with Crippen molar-refractivity contribution in [2.24, 2.45) is 0 Å². The van der Waals surface area contributed by atoms with E-state index in [2.05, 4.69) is 49.9 Å². The van der Waals surface area contributed by atoms with Crippen LogP contribution in [-0.4, -0.2) is 73.7 Å². The van der Waals surface area contributed by atoms with Crippen molar-refractivity contribution in [2.75, 3.05) is 33.8 Å². The normalized spacial score (nSPS) is 26.8. The highest BCUT2D eigenvalue weighted by Gasteiger charge is 2.28. The lowest BCUT2D eigenvalue weighted by Crippen LogP contribution is -2.55. The minimum Gasteiger partial charge on any atom is -0.468 e. The molecule has 5 heteroatoms. The second-order valence-electron chi connectivity index (χ2n) is 6.31. The van der Waals surface area contributed by atoms with Gasteiger partial charge in [0.05, 0.1) is 7.11 Å². The maximum atomic E-state index is 11.8. The van der Waals surface area contributed by atoms with Gasteiger partial charge < -0.3 is 15.0 Å². The molecule has 0 saturated carbocycles. The molecule has 0 aromatic carbocycles. The van der Waals surface area contributed by atoms with Gasteiger partial charge in [-0.25, -0.2) is 0 Å². The molecule has 3 unspecified atom stereocenters. The lowest BCUT2D eigenvalue weighted by molar-refractivity contribution is -0.143. The zero-order valence-electron chi connectivity index (χ0n) is 13.8. The summed E-state index contributed by atoms with van der Waals surface area (Å²) >= 11 is 0. The molecule has 1 fully saturated rings. The molecule has 0 aromatic heterocycles. The first-order valence-electron chi connectivity index (χ1n) is 7.63. The summed E-state index contributed by atoms with van der Waals surface area (Å²) in [6.45, 7) is 11.7. The van der Waals surface area contributed by atoms with Crippen molar-refractivity contribution in [2.45, 2.75) is 58.3 Å². The number of nitrogens with one attached hydrogen (secondary N) is 1. The summed E-state index contributed by atoms with van der Waals surface area (Å²) in [6, 6.07) is 1.21. The van der Waals surface area contributed by atoms with Gasteiger partial charge in [0.1, 0.15) is 6.04 Å². The quantitative estimate of drug-likeness (QED) is 0.736. The molecule has 0 aliphatic carbocycles. The summed E-state index contributed by atoms with van der Waals surface area (Å²) in [5, 5.41) is 3.29. The van der Waals surface area contributed by atoms with Gasteiger partial charge in [0.2, 0.25) is 0 Å². The molecule has 0 bridgehead atoms. The number of nitrogens with zero attached hydrogens (tertiary/aromatic N) is 2. The van der Waals surface area contributed by atoms with Crippen molar-refractivity contribution in [3.05, 3.63) is 0 Å². The zero-order valence-corrected chi connectivity index (χ0v) is 13.8. The van der Waals surface area contributed by atoms with E-state index >= 15 is 0 Å². The highest BCUT2D eigenvalue weighted by molar-refractivity contribution is 5.75. The number of methoxy groups -OCH3 is 1. The summed E-state index contributed by atoms with van der Waals surface area (Å²) in [5.74, 6) is -0.158. The van der Waals surface area contributed by atoms with Crippen LogP contribution in [0.1, 0.15) is 34.1 Å². The van der Waals surface area contributed by atoms with Crippen LogP contribution in [0, 0.1) is 0 Å². The molecule has 1 saturated heterocycles. The van der Waals surface area contributed by atoms with Gasteiger partial charge in [0, 0.05) is 37.8 Å². The number of hydrogen-bond acceptors (Lipinski definition) is 5. The maximum absolute atomic E-state index is 11.8. The number of carbonyl (C=O) groups is 1. The van der Waals surface area contributed by atoms with E-state index in [0.717, 1.165) is 26.1 Å². The molecule has 1 rings (SSSR count). The Bertz CT molecular complexity index is 297. The largest absolute Gasteiger partial charge is 0.468 e. The molecule has 1 aliphatic rings. The molecule has 1 aliphatic heterocycles. The number of likely N-dealkylation sites (N-methyl/N-ethyl adjacent to an activating group) is 1. The second-order valence-corrected chi connectivity index (χ2v) is 6.31. The number of piperazine rings is 1. The van der Waals surface area contributed by atoms with Gasteiger partial charge in [-0.2, -0.15) is 0 Å². The van der Waals surface area contributed by atoms with Crippen LogP contribution >= 0.6 is 0 Å². The minimum atomic E-state index is -0.203. The molecule has 5 nitrogen and oxygen atoms in total. The third kappa shape index (κ3) is 5.04. The van der Waals surface area contributed by atoms with Crippen LogP contribution in [0.4, 0.5) is 0 Å². The van der Waals surface area contributed by atoms with Gasteiger partial charge in [0.15, 0.2) is 0 Å². The van der Waals surface area contributed by atoms with Gasteiger partial charge >= 0.3 is 5.97 Å². The van der Waals surface area contributed by atoms with E-state index in [1.54, 1.807) is 0 Å². The van der Waals surface area contributed by atoms with Gasteiger partial charge in [-0.05, 0) is 27.3 Å². The molecule has 0 aromatic rings. The van der Waals surface area contributed by atoms with Crippen LogP contribution in [0.2, 0.25) is 0 Å². The van der Waals surface area contributed by atoms with E-state index in [1.807, 2.05) is 0 Å². The summed E-state index contributed by atoms with van der Waals surface area (Å²) in [5.41, 5.74) is 0. The number of hydrogen-bond donors (Lipinski definition) is 1. The summed E-state index contributed by atoms with van der Waals surface area (Å²) < 4.78 is 4.88. The van der Waals surface area contributed by atoms with E-state index in [9.17, 15) is 4.79 Å². The van der Waals surface area contributed by atoms with Crippen LogP contribution in [-0.2, 0) is 9.53 Å². The highest BCUT2D eigenvalue weighted by atomic mass is 16.5. The molecule has 0 amide bonds. The van der Waals surface area contributed by atoms with Crippen molar-refractivity contribution in [1.29, 1.82) is 0 Å². The first-order chi connectivity index (χ1) is 9.35. The Hall–Kier alpha value is -0.650. The van der Waals surface area contributed by atoms with Gasteiger partial charge in [-0.15, -0.1) is 0 Å². The fraction of sp³-hybridized carbons (Fsp3) is 0.933. The summed E-state index contributed by atoms with van der Waals surface area (Å²) in [4.78, 5) is 16.7. The predicted octanol–water partition coefficient (Wildman–Crippen LogP) is 0.941. The Morgan fingerprint density at radius 1 is 1.30 bits per heavy atom. The number of esters is 1. The SMILES string of the molecule is COC(=O)C(CCN1CC(C)N(C)C(C)C1)NC(C)C. The van der Waals surface area contributed by atoms with Crippen molar-refractivity contribution in [3.63, 3.8) is 0 Å². The van der Waals surface area contributed by atoms with Crippen molar-refractivity contribution in [3.8, 4) is 0 Å². The molecule has 20 heavy (non-hydrogen) atoms. The van der Waals surface area contributed by atoms with E-state index in [-0.39, 0.29) is 18.1 Å². The Morgan fingerprint density at radius 2 is 1.85 bits per heavy atom. The van der Waals surface area contributed by atoms with Crippen molar-refractivity contribution < 1.29 is 9.53 Å². The Morgan fingerprint density at radius 3 is 2.30 bits per heavy atom. The summed E-state index contributed by atoms with van der Waals surface area (Å²) in [6.07, 6.45) is 0.800. The molecule has 1 heterocycles. The fourth-order valence-electron chi connectivity index (χ4n) is 2.82. The Balaban J connectivity index is 2.48. The Kier molecular flexibility index (Phi) is 6.92. The first kappa shape index (κ1) is 17.4. The van der Waals surface area contributed by atoms with Crippen molar-refractivity contribution in [1.82, 2.24) is 15.1 Å². The van der Waals surface area contributed by atoms with Crippen LogP contribution < -0.4 is 5.32 Å². The van der Waals surface area contributed by atoms with Gasteiger partial charge in [-0.1, -0.05) is 13.8 Å². The lowest BCUT2D eigenvalue weighted by atomic mass is 10.1. The topological polar surface area (TPSA) is 44.8 Å². The van der Waals surface area contributed by atoms with Crippen LogP contribution in [0.25, 0.3) is 0 Å². The fourth-order valence-corrected chi connectivity index (χ4v) is 2.82. The molecular formula is C15H31N3O2. The molecule has 0 radical (unpaired) electrons. The van der Waals surface area contributed by atoms with Crippen LogP contribution in [0.3, 0.4) is 0 Å². The zero-order chi connectivity index (χ0) is 15.3. The average Bonchev–Trinajstić information content (AvgIpc) is 2.39. The third-order valence-electron chi connectivity index (χ3n) is 4.19. The van der Waals surface area contributed by atoms with Gasteiger partial charge in [-0.3, -0.25) is 9.69 Å². The van der Waals surface area contributed by atoms with E-state index in [4.69, 9.17) is 4.74 Å². The third-order valence-corrected chi connectivity index (χ3v) is 4.19. The van der Waals surface area contributed by atoms with E-state index in [0.29, 0.717) is 12.1 Å². The smallest absolute Gasteiger partial charge is 0.322 e. The number of carbonyl (C=O) groups excluding carboxylic acids is 1. The summed E-state index contributed by atoms with van der Waals surface area (Å²) in [7, 11) is 3.64. The van der Waals surface area contributed by atoms with E-state index in [1.165, 1.54) is 7.11 Å². The lowest BCUT2D eigenvalue weighted by Gasteiger charge is -2.42. The minimum absolute atomic E-state index is 0.158. The standard InChI is InChI=1S/C15H31N3O2/c1-11(2)16-14(15(19)20-6)7-8-18-9-12(3)17(5)13(4)10-18/h11-14,16H,7-10H2,1-6H3. The highest BCUT2D eigenvalue weighted by Crippen LogP contribution is 2.14. The Labute approximate surface area is 123 Å². The average molecular weight is 285 g/mol. The molecule has 0 spiro atoms. The molecular weight excluding hydrogens is 254 g/mol. The second kappa shape index (κ2) is 7.96. The van der Waals surface area contributed by atoms with Crippen molar-refractivity contribution >= 4 is 5.97 Å². The molecule has 1 N–H and O–H groups in total. The number of rotatable bonds is 6. The first-order valence-corrected chi connectivity index (χ1v) is 7.63. The monoisotopic (exact) mass is 285 g/mol.